The number of rotatable bonds is 12. The molecule has 0 aliphatic carbocycles. The zero-order chi connectivity index (χ0) is 42.0. The molecule has 0 radical (unpaired) electrons. The van der Waals surface area contributed by atoms with E-state index in [1.165, 1.54) is 55.6 Å². The second kappa shape index (κ2) is 19.2. The number of aromatic nitrogens is 1. The number of likely N-dealkylation sites (N-methyl/N-ethyl adjacent to an activating group) is 1. The monoisotopic (exact) mass is 781 g/mol. The van der Waals surface area contributed by atoms with Crippen molar-refractivity contribution >= 4 is 40.2 Å². The number of hydrogen-bond acceptors (Lipinski definition) is 2. The molecule has 5 aromatic carbocycles. The largest absolute Gasteiger partial charge is 0.370 e. The van der Waals surface area contributed by atoms with Crippen LogP contribution in [0.1, 0.15) is 58.5 Å². The topological polar surface area (TPSA) is 20.5 Å². The van der Waals surface area contributed by atoms with Crippen LogP contribution in [-0.4, -0.2) is 35.3 Å². The van der Waals surface area contributed by atoms with E-state index in [2.05, 4.69) is 201 Å². The highest BCUT2D eigenvalue weighted by atomic mass is 15.1. The normalized spacial score (nSPS) is 13.8. The number of nitrogens with zero attached hydrogens (tertiary/aromatic N) is 3. The molecule has 60 heavy (non-hydrogen) atoms. The summed E-state index contributed by atoms with van der Waals surface area (Å²) in [5, 5.41) is 1.20. The zero-order valence-corrected chi connectivity index (χ0v) is 35.7. The minimum Gasteiger partial charge on any atom is -0.370 e. The summed E-state index contributed by atoms with van der Waals surface area (Å²) in [5.41, 5.74) is 18.9. The summed E-state index contributed by atoms with van der Waals surface area (Å²) >= 11 is 0. The Balaban J connectivity index is 0.00000268. The maximum Gasteiger partial charge on any atom is 0.0648 e. The first-order valence-corrected chi connectivity index (χ1v) is 21.0. The average Bonchev–Trinajstić information content (AvgIpc) is 3.92. The van der Waals surface area contributed by atoms with Crippen molar-refractivity contribution in [3.05, 3.63) is 228 Å². The first-order valence-electron chi connectivity index (χ1n) is 21.0. The SMILES string of the molecule is C=C/C=C\C(=Cc1cc(C2=CC=CCN2C)cc(C2=NCC=C2)c1)n1c(/C=C\C=C)c(C)c2cc(-c3ccc(-c4ccccc4C)c(Cc4ccccc4)c3)ccc21.CC. The van der Waals surface area contributed by atoms with Crippen molar-refractivity contribution in [3.8, 4) is 22.3 Å². The van der Waals surface area contributed by atoms with Crippen LogP contribution < -0.4 is 0 Å². The quantitative estimate of drug-likeness (QED) is 0.113. The molecule has 2 aliphatic heterocycles. The van der Waals surface area contributed by atoms with E-state index in [0.29, 0.717) is 6.54 Å². The first-order chi connectivity index (χ1) is 29.4. The highest BCUT2D eigenvalue weighted by Crippen LogP contribution is 2.37. The second-order valence-corrected chi connectivity index (χ2v) is 15.0. The molecule has 0 unspecified atom stereocenters. The summed E-state index contributed by atoms with van der Waals surface area (Å²) in [4.78, 5) is 7.09. The van der Waals surface area contributed by atoms with Crippen LogP contribution in [-0.2, 0) is 6.42 Å². The van der Waals surface area contributed by atoms with Crippen LogP contribution in [0.3, 0.4) is 0 Å². The zero-order valence-electron chi connectivity index (χ0n) is 35.7. The Morgan fingerprint density at radius 3 is 2.25 bits per heavy atom. The second-order valence-electron chi connectivity index (χ2n) is 15.0. The summed E-state index contributed by atoms with van der Waals surface area (Å²) < 4.78 is 2.37. The van der Waals surface area contributed by atoms with Gasteiger partial charge in [-0.25, -0.2) is 0 Å². The lowest BCUT2D eigenvalue weighted by molar-refractivity contribution is 0.531. The van der Waals surface area contributed by atoms with Crippen LogP contribution in [0.2, 0.25) is 0 Å². The summed E-state index contributed by atoms with van der Waals surface area (Å²) in [6.07, 6.45) is 25.9. The van der Waals surface area contributed by atoms with Gasteiger partial charge >= 0.3 is 0 Å². The molecule has 3 nitrogen and oxygen atoms in total. The van der Waals surface area contributed by atoms with E-state index in [1.807, 2.05) is 38.2 Å². The first kappa shape index (κ1) is 41.2. The van der Waals surface area contributed by atoms with Crippen molar-refractivity contribution in [1.29, 1.82) is 0 Å². The Labute approximate surface area is 357 Å². The molecule has 0 fully saturated rings. The molecule has 2 aliphatic rings. The van der Waals surface area contributed by atoms with Crippen LogP contribution >= 0.6 is 0 Å². The molecule has 0 amide bonds. The van der Waals surface area contributed by atoms with Crippen molar-refractivity contribution < 1.29 is 0 Å². The Morgan fingerprint density at radius 2 is 1.50 bits per heavy atom. The van der Waals surface area contributed by atoms with Gasteiger partial charge in [0.2, 0.25) is 0 Å². The fourth-order valence-corrected chi connectivity index (χ4v) is 8.19. The Morgan fingerprint density at radius 1 is 0.750 bits per heavy atom. The maximum atomic E-state index is 4.80. The van der Waals surface area contributed by atoms with E-state index in [1.54, 1.807) is 0 Å². The molecule has 8 rings (SSSR count). The standard InChI is InChI=1S/C55H49N3.C2H6/c1-6-8-21-48(35-42-33-46(52-23-17-30-56-52)37-47(34-42)54-25-15-16-31-57(54)5)58-53(24-9-7-2)40(4)51-38-44(27-29-55(51)58)43-26-28-50(49-22-14-13-18-39(49)3)45(36-43)32-41-19-11-10-12-20-41;1-2/h6-29,33-38H,1-2,30-32H2,3-5H3;1-2H3/b21-8-,24-9-,48-35?;. The van der Waals surface area contributed by atoms with Gasteiger partial charge in [-0.15, -0.1) is 0 Å². The lowest BCUT2D eigenvalue weighted by atomic mass is 9.89. The molecule has 3 heterocycles. The van der Waals surface area contributed by atoms with Crippen molar-refractivity contribution in [3.63, 3.8) is 0 Å². The van der Waals surface area contributed by atoms with Gasteiger partial charge in [-0.1, -0.05) is 148 Å². The molecule has 0 saturated heterocycles. The molecule has 0 spiro atoms. The highest BCUT2D eigenvalue weighted by molar-refractivity contribution is 6.10. The molecule has 0 bridgehead atoms. The summed E-state index contributed by atoms with van der Waals surface area (Å²) in [6, 6.07) is 40.2. The maximum absolute atomic E-state index is 4.80. The molecule has 0 N–H and O–H groups in total. The van der Waals surface area contributed by atoms with Crippen LogP contribution in [0.5, 0.6) is 0 Å². The van der Waals surface area contributed by atoms with E-state index in [-0.39, 0.29) is 0 Å². The number of fused-ring (bicyclic) bond motifs is 1. The lowest BCUT2D eigenvalue weighted by Gasteiger charge is -2.24. The average molecular weight is 782 g/mol. The number of allylic oxidation sites excluding steroid dienone is 9. The predicted octanol–water partition coefficient (Wildman–Crippen LogP) is 14.4. The predicted molar refractivity (Wildman–Crippen MR) is 262 cm³/mol. The molecule has 298 valence electrons. The number of hydrogen-bond donors (Lipinski definition) is 0. The van der Waals surface area contributed by atoms with Crippen LogP contribution in [0, 0.1) is 13.8 Å². The molecule has 0 atom stereocenters. The third kappa shape index (κ3) is 8.87. The van der Waals surface area contributed by atoms with E-state index in [9.17, 15) is 0 Å². The molecule has 6 aromatic rings. The van der Waals surface area contributed by atoms with Crippen LogP contribution in [0.15, 0.2) is 188 Å². The fourth-order valence-electron chi connectivity index (χ4n) is 8.19. The van der Waals surface area contributed by atoms with E-state index < -0.39 is 0 Å². The van der Waals surface area contributed by atoms with Crippen molar-refractivity contribution in [2.75, 3.05) is 20.1 Å². The molecular weight excluding hydrogens is 727 g/mol. The van der Waals surface area contributed by atoms with Gasteiger partial charge in [0.15, 0.2) is 0 Å². The molecular formula is C57H55N3. The van der Waals surface area contributed by atoms with E-state index in [0.717, 1.165) is 52.3 Å². The van der Waals surface area contributed by atoms with Crippen LogP contribution in [0.25, 0.3) is 56.7 Å². The number of benzene rings is 5. The van der Waals surface area contributed by atoms with Gasteiger partial charge < -0.3 is 9.47 Å². The van der Waals surface area contributed by atoms with Gasteiger partial charge in [-0.05, 0) is 137 Å². The summed E-state index contributed by atoms with van der Waals surface area (Å²) in [5.74, 6) is 0. The summed E-state index contributed by atoms with van der Waals surface area (Å²) in [7, 11) is 2.15. The summed E-state index contributed by atoms with van der Waals surface area (Å²) in [6.45, 7) is 18.1. The highest BCUT2D eigenvalue weighted by Gasteiger charge is 2.18. The van der Waals surface area contributed by atoms with E-state index >= 15 is 0 Å². The van der Waals surface area contributed by atoms with Gasteiger partial charge in [-0.3, -0.25) is 4.99 Å². The van der Waals surface area contributed by atoms with Crippen molar-refractivity contribution in [1.82, 2.24) is 9.47 Å². The fraction of sp³-hybridized carbons (Fsp3) is 0.140. The molecule has 0 saturated carbocycles. The van der Waals surface area contributed by atoms with Gasteiger partial charge in [0.05, 0.1) is 17.8 Å². The Bertz CT molecular complexity index is 2760. The van der Waals surface area contributed by atoms with Gasteiger partial charge in [0, 0.05) is 41.6 Å². The third-order valence-electron chi connectivity index (χ3n) is 11.1. The van der Waals surface area contributed by atoms with Crippen molar-refractivity contribution in [2.45, 2.75) is 34.1 Å². The third-order valence-corrected chi connectivity index (χ3v) is 11.1. The molecule has 1 aromatic heterocycles. The van der Waals surface area contributed by atoms with Gasteiger partial charge in [0.25, 0.3) is 0 Å². The number of aryl methyl sites for hydroxylation is 2. The Kier molecular flexibility index (Phi) is 13.2. The minimum absolute atomic E-state index is 0.712. The molecule has 3 heteroatoms. The van der Waals surface area contributed by atoms with Crippen molar-refractivity contribution in [2.24, 2.45) is 4.99 Å². The Hall–Kier alpha value is -6.97. The smallest absolute Gasteiger partial charge is 0.0648 e. The van der Waals surface area contributed by atoms with Crippen LogP contribution in [0.4, 0.5) is 0 Å². The lowest BCUT2D eigenvalue weighted by Crippen LogP contribution is -2.19. The minimum atomic E-state index is 0.712. The van der Waals surface area contributed by atoms with E-state index in [4.69, 9.17) is 4.99 Å². The number of aliphatic imine (C=N–C) groups is 1. The van der Waals surface area contributed by atoms with Gasteiger partial charge in [-0.2, -0.15) is 0 Å². The van der Waals surface area contributed by atoms with Gasteiger partial charge in [0.1, 0.15) is 0 Å².